The first-order valence-electron chi connectivity index (χ1n) is 6.84. The number of carboxylic acids is 1. The molecule has 3 aromatic rings. The van der Waals surface area contributed by atoms with Crippen LogP contribution in [0.1, 0.15) is 15.9 Å². The van der Waals surface area contributed by atoms with Crippen molar-refractivity contribution >= 4 is 39.8 Å². The molecular weight excluding hydrogens is 316 g/mol. The molecule has 2 aromatic carbocycles. The summed E-state index contributed by atoms with van der Waals surface area (Å²) in [6, 6.07) is 9.82. The highest BCUT2D eigenvalue weighted by Gasteiger charge is 2.16. The molecule has 0 saturated heterocycles. The Bertz CT molecular complexity index is 908. The number of nitrogens with zero attached hydrogens (tertiary/aromatic N) is 1. The van der Waals surface area contributed by atoms with E-state index in [0.29, 0.717) is 27.3 Å². The molecular formula is C17H13ClN2O3. The molecule has 0 fully saturated rings. The van der Waals surface area contributed by atoms with Gasteiger partial charge in [0, 0.05) is 22.3 Å². The first-order valence-corrected chi connectivity index (χ1v) is 7.21. The normalized spacial score (nSPS) is 10.7. The summed E-state index contributed by atoms with van der Waals surface area (Å²) in [6.07, 6.45) is 1.33. The summed E-state index contributed by atoms with van der Waals surface area (Å²) >= 11 is 6.12. The van der Waals surface area contributed by atoms with Crippen molar-refractivity contribution in [1.29, 1.82) is 0 Å². The van der Waals surface area contributed by atoms with E-state index in [2.05, 4.69) is 10.3 Å². The second-order valence-corrected chi connectivity index (χ2v) is 5.58. The number of anilines is 2. The van der Waals surface area contributed by atoms with Gasteiger partial charge in [-0.05, 0) is 48.9 Å². The topological polar surface area (TPSA) is 82.5 Å². The average Bonchev–Trinajstić information content (AvgIpc) is 2.49. The van der Waals surface area contributed by atoms with E-state index >= 15 is 0 Å². The van der Waals surface area contributed by atoms with Gasteiger partial charge in [0.05, 0.1) is 11.2 Å². The van der Waals surface area contributed by atoms with Gasteiger partial charge < -0.3 is 15.5 Å². The van der Waals surface area contributed by atoms with Crippen molar-refractivity contribution < 1.29 is 15.0 Å². The number of nitrogens with one attached hydrogen (secondary N) is 1. The molecule has 1 aromatic heterocycles. The van der Waals surface area contributed by atoms with Gasteiger partial charge in [0.15, 0.2) is 0 Å². The fourth-order valence-corrected chi connectivity index (χ4v) is 2.69. The maximum Gasteiger partial charge on any atom is 0.339 e. The van der Waals surface area contributed by atoms with Gasteiger partial charge in [-0.1, -0.05) is 11.6 Å². The van der Waals surface area contributed by atoms with Crippen LogP contribution in [0.2, 0.25) is 5.02 Å². The Labute approximate surface area is 137 Å². The zero-order chi connectivity index (χ0) is 16.6. The van der Waals surface area contributed by atoms with Crippen molar-refractivity contribution in [1.82, 2.24) is 4.98 Å². The van der Waals surface area contributed by atoms with Gasteiger partial charge in [0.1, 0.15) is 11.3 Å². The van der Waals surface area contributed by atoms with Crippen LogP contribution in [0.4, 0.5) is 11.4 Å². The molecule has 0 atom stereocenters. The van der Waals surface area contributed by atoms with Crippen LogP contribution < -0.4 is 5.32 Å². The van der Waals surface area contributed by atoms with E-state index in [-0.39, 0.29) is 11.3 Å². The standard InChI is InChI=1S/C17H13ClN2O3/c1-9-6-10(18)7-13-15(9)19-8-14(17(22)23)16(13)20-11-2-4-12(21)5-3-11/h2-8,21H,1H3,(H,19,20)(H,22,23). The van der Waals surface area contributed by atoms with Gasteiger partial charge in [0.2, 0.25) is 0 Å². The van der Waals surface area contributed by atoms with Crippen LogP contribution in [0.15, 0.2) is 42.6 Å². The molecule has 1 heterocycles. The smallest absolute Gasteiger partial charge is 0.339 e. The number of halogens is 1. The highest BCUT2D eigenvalue weighted by atomic mass is 35.5. The largest absolute Gasteiger partial charge is 0.508 e. The van der Waals surface area contributed by atoms with Gasteiger partial charge >= 0.3 is 5.97 Å². The summed E-state index contributed by atoms with van der Waals surface area (Å²) in [4.78, 5) is 15.8. The highest BCUT2D eigenvalue weighted by molar-refractivity contribution is 6.31. The van der Waals surface area contributed by atoms with Crippen LogP contribution in [0.25, 0.3) is 10.9 Å². The molecule has 3 rings (SSSR count). The van der Waals surface area contributed by atoms with Crippen LogP contribution in [0.3, 0.4) is 0 Å². The molecule has 0 spiro atoms. The summed E-state index contributed by atoms with van der Waals surface area (Å²) in [7, 11) is 0. The maximum atomic E-state index is 11.5. The van der Waals surface area contributed by atoms with E-state index in [1.54, 1.807) is 24.3 Å². The van der Waals surface area contributed by atoms with Crippen LogP contribution in [0.5, 0.6) is 5.75 Å². The molecule has 0 radical (unpaired) electrons. The number of aromatic nitrogens is 1. The lowest BCUT2D eigenvalue weighted by molar-refractivity contribution is 0.0697. The predicted molar refractivity (Wildman–Crippen MR) is 89.8 cm³/mol. The third-order valence-corrected chi connectivity index (χ3v) is 3.71. The third kappa shape index (κ3) is 2.91. The first kappa shape index (κ1) is 15.1. The van der Waals surface area contributed by atoms with E-state index in [1.165, 1.54) is 18.3 Å². The van der Waals surface area contributed by atoms with E-state index < -0.39 is 5.97 Å². The Morgan fingerprint density at radius 2 is 1.91 bits per heavy atom. The van der Waals surface area contributed by atoms with E-state index in [9.17, 15) is 15.0 Å². The van der Waals surface area contributed by atoms with E-state index in [0.717, 1.165) is 5.56 Å². The number of hydrogen-bond donors (Lipinski definition) is 3. The summed E-state index contributed by atoms with van der Waals surface area (Å²) in [5.74, 6) is -0.953. The number of aryl methyl sites for hydroxylation is 1. The SMILES string of the molecule is Cc1cc(Cl)cc2c(Nc3ccc(O)cc3)c(C(=O)O)cnc12. The summed E-state index contributed by atoms with van der Waals surface area (Å²) in [6.45, 7) is 1.87. The number of aromatic carboxylic acids is 1. The zero-order valence-electron chi connectivity index (χ0n) is 12.2. The number of aromatic hydroxyl groups is 1. The summed E-state index contributed by atoms with van der Waals surface area (Å²) in [5.41, 5.74) is 2.65. The lowest BCUT2D eigenvalue weighted by atomic mass is 10.1. The Balaban J connectivity index is 2.24. The average molecular weight is 329 g/mol. The lowest BCUT2D eigenvalue weighted by Gasteiger charge is -2.14. The zero-order valence-corrected chi connectivity index (χ0v) is 12.9. The summed E-state index contributed by atoms with van der Waals surface area (Å²) < 4.78 is 0. The van der Waals surface area contributed by atoms with E-state index in [1.807, 2.05) is 6.92 Å². The second-order valence-electron chi connectivity index (χ2n) is 5.14. The molecule has 0 aliphatic carbocycles. The van der Waals surface area contributed by atoms with Crippen LogP contribution in [0, 0.1) is 6.92 Å². The minimum atomic E-state index is -1.08. The van der Waals surface area contributed by atoms with Gasteiger partial charge in [-0.2, -0.15) is 0 Å². The van der Waals surface area contributed by atoms with Crippen molar-refractivity contribution in [3.05, 3.63) is 58.7 Å². The predicted octanol–water partition coefficient (Wildman–Crippen LogP) is 4.34. The third-order valence-electron chi connectivity index (χ3n) is 3.49. The van der Waals surface area contributed by atoms with Crippen molar-refractivity contribution in [3.63, 3.8) is 0 Å². The Morgan fingerprint density at radius 3 is 2.57 bits per heavy atom. The lowest BCUT2D eigenvalue weighted by Crippen LogP contribution is -2.05. The molecule has 0 saturated carbocycles. The molecule has 6 heteroatoms. The fraction of sp³-hybridized carbons (Fsp3) is 0.0588. The molecule has 0 unspecified atom stereocenters. The van der Waals surface area contributed by atoms with Crippen LogP contribution >= 0.6 is 11.6 Å². The quantitative estimate of drug-likeness (QED) is 0.623. The number of rotatable bonds is 3. The summed E-state index contributed by atoms with van der Waals surface area (Å²) in [5, 5.41) is 23.0. The Morgan fingerprint density at radius 1 is 1.22 bits per heavy atom. The minimum Gasteiger partial charge on any atom is -0.508 e. The van der Waals surface area contributed by atoms with Crippen molar-refractivity contribution in [2.24, 2.45) is 0 Å². The Hall–Kier alpha value is -2.79. The Kier molecular flexibility index (Phi) is 3.80. The number of fused-ring (bicyclic) bond motifs is 1. The van der Waals surface area contributed by atoms with Crippen molar-refractivity contribution in [2.75, 3.05) is 5.32 Å². The molecule has 5 nitrogen and oxygen atoms in total. The molecule has 0 bridgehead atoms. The number of phenols is 1. The molecule has 3 N–H and O–H groups in total. The minimum absolute atomic E-state index is 0.0484. The van der Waals surface area contributed by atoms with Gasteiger partial charge in [-0.25, -0.2) is 4.79 Å². The van der Waals surface area contributed by atoms with Gasteiger partial charge in [-0.15, -0.1) is 0 Å². The highest BCUT2D eigenvalue weighted by Crippen LogP contribution is 2.33. The van der Waals surface area contributed by atoms with Crippen molar-refractivity contribution in [3.8, 4) is 5.75 Å². The van der Waals surface area contributed by atoms with Crippen LogP contribution in [-0.2, 0) is 0 Å². The molecule has 0 aliphatic heterocycles. The fourth-order valence-electron chi connectivity index (χ4n) is 2.42. The van der Waals surface area contributed by atoms with E-state index in [4.69, 9.17) is 11.6 Å². The molecule has 0 amide bonds. The number of benzene rings is 2. The number of carbonyl (C=O) groups is 1. The number of phenolic OH excluding ortho intramolecular Hbond substituents is 1. The second kappa shape index (κ2) is 5.78. The molecule has 23 heavy (non-hydrogen) atoms. The monoisotopic (exact) mass is 328 g/mol. The molecule has 0 aliphatic rings. The first-order chi connectivity index (χ1) is 11.0. The van der Waals surface area contributed by atoms with Gasteiger partial charge in [0.25, 0.3) is 0 Å². The van der Waals surface area contributed by atoms with Crippen molar-refractivity contribution in [2.45, 2.75) is 6.92 Å². The number of hydrogen-bond acceptors (Lipinski definition) is 4. The number of pyridine rings is 1. The van der Waals surface area contributed by atoms with Gasteiger partial charge in [-0.3, -0.25) is 4.98 Å². The van der Waals surface area contributed by atoms with Crippen LogP contribution in [-0.4, -0.2) is 21.2 Å². The maximum absolute atomic E-state index is 11.5. The molecule has 116 valence electrons. The number of carboxylic acid groups (broad SMARTS) is 1.